The van der Waals surface area contributed by atoms with Crippen molar-refractivity contribution in [1.82, 2.24) is 0 Å². The first-order valence-electron chi connectivity index (χ1n) is 9.14. The van der Waals surface area contributed by atoms with Crippen molar-refractivity contribution in [3.05, 3.63) is 42.5 Å². The fraction of sp³-hybridized carbons (Fsp3) is 0.524. The molecule has 0 N–H and O–H groups in total. The summed E-state index contributed by atoms with van der Waals surface area (Å²) in [6.45, 7) is 6.67. The molecule has 1 aromatic rings. The summed E-state index contributed by atoms with van der Waals surface area (Å²) < 4.78 is 5.83. The highest BCUT2D eigenvalue weighted by atomic mass is 16.6. The molecule has 5 atom stereocenters. The van der Waals surface area contributed by atoms with Crippen molar-refractivity contribution in [2.45, 2.75) is 33.3 Å². The number of ether oxygens (including phenoxy) is 1. The highest BCUT2D eigenvalue weighted by molar-refractivity contribution is 6.00. The first kappa shape index (κ1) is 16.4. The highest BCUT2D eigenvalue weighted by Crippen LogP contribution is 2.48. The Hall–Kier alpha value is -2.10. The van der Waals surface area contributed by atoms with Gasteiger partial charge in [-0.2, -0.15) is 0 Å². The summed E-state index contributed by atoms with van der Waals surface area (Å²) >= 11 is 0. The van der Waals surface area contributed by atoms with Gasteiger partial charge < -0.3 is 9.64 Å². The van der Waals surface area contributed by atoms with Crippen LogP contribution in [0.2, 0.25) is 0 Å². The first-order valence-corrected chi connectivity index (χ1v) is 9.14. The van der Waals surface area contributed by atoms with Crippen molar-refractivity contribution >= 4 is 17.6 Å². The summed E-state index contributed by atoms with van der Waals surface area (Å²) in [5, 5.41) is 0. The van der Waals surface area contributed by atoms with E-state index in [1.54, 1.807) is 4.90 Å². The van der Waals surface area contributed by atoms with E-state index in [1.165, 1.54) is 0 Å². The highest BCUT2D eigenvalue weighted by Gasteiger charge is 2.52. The zero-order valence-corrected chi connectivity index (χ0v) is 15.0. The third-order valence-electron chi connectivity index (χ3n) is 6.19. The lowest BCUT2D eigenvalue weighted by atomic mass is 9.84. The van der Waals surface area contributed by atoms with Crippen molar-refractivity contribution in [1.29, 1.82) is 0 Å². The molecule has 0 aromatic heterocycles. The number of allylic oxidation sites excluding steroid dienone is 2. The monoisotopic (exact) mass is 339 g/mol. The molecule has 1 aliphatic heterocycles. The number of carbonyl (C=O) groups excluding carboxylic acids is 2. The predicted molar refractivity (Wildman–Crippen MR) is 95.8 cm³/mol. The molecule has 25 heavy (non-hydrogen) atoms. The van der Waals surface area contributed by atoms with E-state index in [9.17, 15) is 9.59 Å². The Balaban J connectivity index is 1.53. The fourth-order valence-electron chi connectivity index (χ4n) is 4.73. The molecule has 4 heteroatoms. The quantitative estimate of drug-likeness (QED) is 0.626. The third-order valence-corrected chi connectivity index (χ3v) is 6.19. The topological polar surface area (TPSA) is 46.6 Å². The summed E-state index contributed by atoms with van der Waals surface area (Å²) in [6, 6.07) is 9.59. The molecule has 1 heterocycles. The largest absolute Gasteiger partial charge is 0.451 e. The molecule has 2 bridgehead atoms. The lowest BCUT2D eigenvalue weighted by Crippen LogP contribution is -2.39. The fourth-order valence-corrected chi connectivity index (χ4v) is 4.73. The summed E-state index contributed by atoms with van der Waals surface area (Å²) in [5.74, 6) is 0.631. The number of amides is 1. The van der Waals surface area contributed by atoms with Gasteiger partial charge in [0.25, 0.3) is 5.91 Å². The van der Waals surface area contributed by atoms with E-state index < -0.39 is 11.5 Å². The molecular formula is C21H25NO3. The van der Waals surface area contributed by atoms with Crippen LogP contribution in [0.4, 0.5) is 5.69 Å². The minimum atomic E-state index is -0.712. The van der Waals surface area contributed by atoms with Gasteiger partial charge in [-0.3, -0.25) is 9.59 Å². The van der Waals surface area contributed by atoms with E-state index in [4.69, 9.17) is 4.74 Å². The number of para-hydroxylation sites is 1. The van der Waals surface area contributed by atoms with Gasteiger partial charge in [0.1, 0.15) is 0 Å². The van der Waals surface area contributed by atoms with Crippen molar-refractivity contribution < 1.29 is 14.3 Å². The summed E-state index contributed by atoms with van der Waals surface area (Å²) in [5.41, 5.74) is 0.453. The van der Waals surface area contributed by atoms with Gasteiger partial charge in [-0.25, -0.2) is 0 Å². The Labute approximate surface area is 148 Å². The standard InChI is InChI=1S/C21H25NO3/c1-13-14-9-10-15(11-14)17(13)20(24)25-18-19(23)22(12-21(18,2)3)16-7-5-4-6-8-16/h4-10,13-15,17-18H,11-12H2,1-3H3/t13-,14-,15+,17+,18+/m1/s1. The number of hydrogen-bond donors (Lipinski definition) is 0. The van der Waals surface area contributed by atoms with Gasteiger partial charge in [0.05, 0.1) is 5.92 Å². The zero-order valence-electron chi connectivity index (χ0n) is 15.0. The Morgan fingerprint density at radius 1 is 1.16 bits per heavy atom. The molecule has 0 unspecified atom stereocenters. The number of benzene rings is 1. The zero-order chi connectivity index (χ0) is 17.8. The minimum absolute atomic E-state index is 0.107. The number of nitrogens with zero attached hydrogens (tertiary/aromatic N) is 1. The van der Waals surface area contributed by atoms with E-state index in [1.807, 2.05) is 44.2 Å². The van der Waals surface area contributed by atoms with Crippen LogP contribution in [0.3, 0.4) is 0 Å². The van der Waals surface area contributed by atoms with Crippen molar-refractivity contribution in [3.8, 4) is 0 Å². The van der Waals surface area contributed by atoms with Crippen LogP contribution in [0, 0.1) is 29.1 Å². The minimum Gasteiger partial charge on any atom is -0.451 e. The molecule has 1 saturated heterocycles. The lowest BCUT2D eigenvalue weighted by Gasteiger charge is -2.28. The molecule has 132 valence electrons. The number of esters is 1. The first-order chi connectivity index (χ1) is 11.9. The van der Waals surface area contributed by atoms with E-state index in [0.29, 0.717) is 18.4 Å². The Bertz CT molecular complexity index is 724. The lowest BCUT2D eigenvalue weighted by molar-refractivity contribution is -0.164. The Morgan fingerprint density at radius 2 is 1.84 bits per heavy atom. The second-order valence-corrected chi connectivity index (χ2v) is 8.40. The van der Waals surface area contributed by atoms with Gasteiger partial charge in [0.15, 0.2) is 6.10 Å². The molecule has 1 aromatic carbocycles. The molecule has 2 fully saturated rings. The molecule has 4 rings (SSSR count). The molecule has 1 amide bonds. The maximum atomic E-state index is 12.9. The molecule has 1 saturated carbocycles. The Morgan fingerprint density at radius 3 is 2.48 bits per heavy atom. The summed E-state index contributed by atoms with van der Waals surface area (Å²) in [6.07, 6.45) is 4.70. The van der Waals surface area contributed by atoms with Crippen LogP contribution >= 0.6 is 0 Å². The van der Waals surface area contributed by atoms with Gasteiger partial charge >= 0.3 is 5.97 Å². The van der Waals surface area contributed by atoms with Crippen molar-refractivity contribution in [2.24, 2.45) is 29.1 Å². The number of anilines is 1. The van der Waals surface area contributed by atoms with Crippen LogP contribution in [0.5, 0.6) is 0 Å². The van der Waals surface area contributed by atoms with Crippen LogP contribution in [-0.2, 0) is 14.3 Å². The molecule has 4 nitrogen and oxygen atoms in total. The van der Waals surface area contributed by atoms with Crippen LogP contribution in [-0.4, -0.2) is 24.5 Å². The average molecular weight is 339 g/mol. The maximum absolute atomic E-state index is 12.9. The van der Waals surface area contributed by atoms with Crippen LogP contribution in [0.1, 0.15) is 27.2 Å². The second-order valence-electron chi connectivity index (χ2n) is 8.40. The second kappa shape index (κ2) is 5.72. The van der Waals surface area contributed by atoms with E-state index in [2.05, 4.69) is 19.1 Å². The normalized spacial score (nSPS) is 35.4. The third kappa shape index (κ3) is 2.59. The van der Waals surface area contributed by atoms with Crippen LogP contribution in [0.25, 0.3) is 0 Å². The van der Waals surface area contributed by atoms with E-state index in [-0.39, 0.29) is 23.7 Å². The number of fused-ring (bicyclic) bond motifs is 2. The van der Waals surface area contributed by atoms with Crippen molar-refractivity contribution in [3.63, 3.8) is 0 Å². The number of rotatable bonds is 3. The van der Waals surface area contributed by atoms with Crippen LogP contribution in [0.15, 0.2) is 42.5 Å². The van der Waals surface area contributed by atoms with Crippen molar-refractivity contribution in [2.75, 3.05) is 11.4 Å². The van der Waals surface area contributed by atoms with E-state index in [0.717, 1.165) is 12.1 Å². The predicted octanol–water partition coefficient (Wildman–Crippen LogP) is 3.43. The molecule has 2 aliphatic carbocycles. The number of carbonyl (C=O) groups is 2. The SMILES string of the molecule is C[C@H]1[C@H](C(=O)O[C@H]2C(=O)N(c3ccccc3)CC2(C)C)[C@H]2C=C[C@@H]1C2. The molecule has 0 spiro atoms. The molecular weight excluding hydrogens is 314 g/mol. The van der Waals surface area contributed by atoms with Gasteiger partial charge in [0, 0.05) is 17.6 Å². The molecule has 3 aliphatic rings. The summed E-state index contributed by atoms with van der Waals surface area (Å²) in [4.78, 5) is 27.5. The van der Waals surface area contributed by atoms with Gasteiger partial charge in [-0.15, -0.1) is 0 Å². The van der Waals surface area contributed by atoms with Gasteiger partial charge in [0.2, 0.25) is 0 Å². The smallest absolute Gasteiger partial charge is 0.310 e. The van der Waals surface area contributed by atoms with Crippen LogP contribution < -0.4 is 4.90 Å². The van der Waals surface area contributed by atoms with Gasteiger partial charge in [-0.05, 0) is 36.3 Å². The average Bonchev–Trinajstić information content (AvgIpc) is 3.24. The Kier molecular flexibility index (Phi) is 3.75. The van der Waals surface area contributed by atoms with E-state index >= 15 is 0 Å². The molecule has 0 radical (unpaired) electrons. The van der Waals surface area contributed by atoms with Gasteiger partial charge in [-0.1, -0.05) is 51.1 Å². The maximum Gasteiger partial charge on any atom is 0.310 e. The summed E-state index contributed by atoms with van der Waals surface area (Å²) in [7, 11) is 0. The number of hydrogen-bond acceptors (Lipinski definition) is 3.